The van der Waals surface area contributed by atoms with E-state index in [4.69, 9.17) is 11.6 Å². The minimum Gasteiger partial charge on any atom is -0.384 e. The summed E-state index contributed by atoms with van der Waals surface area (Å²) in [5.74, 6) is 0.0469. The lowest BCUT2D eigenvalue weighted by Gasteiger charge is -2.11. The van der Waals surface area contributed by atoms with Crippen molar-refractivity contribution in [3.05, 3.63) is 27.7 Å². The van der Waals surface area contributed by atoms with Gasteiger partial charge in [-0.05, 0) is 41.9 Å². The smallest absolute Gasteiger partial charge is 0.221 e. The molecule has 1 amide bonds. The lowest BCUT2D eigenvalue weighted by Crippen LogP contribution is -2.31. The van der Waals surface area contributed by atoms with Crippen LogP contribution >= 0.6 is 27.5 Å². The van der Waals surface area contributed by atoms with E-state index in [1.165, 1.54) is 0 Å². The molecule has 0 aliphatic carbocycles. The summed E-state index contributed by atoms with van der Waals surface area (Å²) >= 11 is 9.35. The summed E-state index contributed by atoms with van der Waals surface area (Å²) < 4.78 is 0.825. The number of anilines is 1. The molecule has 0 aromatic heterocycles. The third-order valence-corrected chi connectivity index (χ3v) is 3.47. The van der Waals surface area contributed by atoms with Gasteiger partial charge in [0.05, 0.1) is 9.50 Å². The minimum atomic E-state index is 0.0469. The van der Waals surface area contributed by atoms with E-state index in [2.05, 4.69) is 26.6 Å². The van der Waals surface area contributed by atoms with Crippen molar-refractivity contribution in [3.63, 3.8) is 0 Å². The fourth-order valence-corrected chi connectivity index (χ4v) is 1.92. The van der Waals surface area contributed by atoms with E-state index in [1.54, 1.807) is 0 Å². The Morgan fingerprint density at radius 2 is 2.18 bits per heavy atom. The van der Waals surface area contributed by atoms with E-state index in [-0.39, 0.29) is 11.9 Å². The molecule has 0 spiro atoms. The van der Waals surface area contributed by atoms with Gasteiger partial charge in [0.15, 0.2) is 0 Å². The maximum absolute atomic E-state index is 11.4. The SMILES string of the molecule is CC(C)NC(=O)CCNc1cccc(Cl)c1Br. The molecule has 0 saturated carbocycles. The van der Waals surface area contributed by atoms with Gasteiger partial charge in [0.1, 0.15) is 0 Å². The monoisotopic (exact) mass is 318 g/mol. The van der Waals surface area contributed by atoms with Crippen molar-refractivity contribution in [1.82, 2.24) is 5.32 Å². The Morgan fingerprint density at radius 1 is 1.47 bits per heavy atom. The highest BCUT2D eigenvalue weighted by molar-refractivity contribution is 9.10. The molecule has 0 fully saturated rings. The highest BCUT2D eigenvalue weighted by atomic mass is 79.9. The quantitative estimate of drug-likeness (QED) is 0.873. The second-order valence-corrected chi connectivity index (χ2v) is 5.20. The zero-order chi connectivity index (χ0) is 12.8. The van der Waals surface area contributed by atoms with Gasteiger partial charge >= 0.3 is 0 Å². The summed E-state index contributed by atoms with van der Waals surface area (Å²) in [7, 11) is 0. The molecule has 17 heavy (non-hydrogen) atoms. The maximum atomic E-state index is 11.4. The summed E-state index contributed by atoms with van der Waals surface area (Å²) in [5, 5.41) is 6.66. The second-order valence-electron chi connectivity index (χ2n) is 4.00. The number of carbonyl (C=O) groups excluding carboxylic acids is 1. The van der Waals surface area contributed by atoms with Crippen LogP contribution in [0.25, 0.3) is 0 Å². The zero-order valence-corrected chi connectivity index (χ0v) is 12.2. The van der Waals surface area contributed by atoms with Crippen molar-refractivity contribution in [2.24, 2.45) is 0 Å². The predicted molar refractivity (Wildman–Crippen MR) is 75.5 cm³/mol. The molecular weight excluding hydrogens is 304 g/mol. The Bertz CT molecular complexity index is 396. The van der Waals surface area contributed by atoms with E-state index in [0.717, 1.165) is 10.2 Å². The van der Waals surface area contributed by atoms with Crippen LogP contribution in [0.3, 0.4) is 0 Å². The van der Waals surface area contributed by atoms with Crippen LogP contribution < -0.4 is 10.6 Å². The van der Waals surface area contributed by atoms with Crippen molar-refractivity contribution in [2.45, 2.75) is 26.3 Å². The molecule has 1 aromatic rings. The van der Waals surface area contributed by atoms with Gasteiger partial charge in [0.2, 0.25) is 5.91 Å². The van der Waals surface area contributed by atoms with Gasteiger partial charge in [0, 0.05) is 24.7 Å². The molecule has 0 heterocycles. The van der Waals surface area contributed by atoms with Gasteiger partial charge in [-0.25, -0.2) is 0 Å². The van der Waals surface area contributed by atoms with Crippen LogP contribution in [0.5, 0.6) is 0 Å². The lowest BCUT2D eigenvalue weighted by atomic mass is 10.3. The van der Waals surface area contributed by atoms with Gasteiger partial charge in [0.25, 0.3) is 0 Å². The third kappa shape index (κ3) is 4.96. The summed E-state index contributed by atoms with van der Waals surface area (Å²) in [6, 6.07) is 5.77. The highest BCUT2D eigenvalue weighted by Crippen LogP contribution is 2.29. The molecular formula is C12H16BrClN2O. The van der Waals surface area contributed by atoms with Crippen LogP contribution in [-0.4, -0.2) is 18.5 Å². The number of hydrogen-bond donors (Lipinski definition) is 2. The second kappa shape index (κ2) is 6.87. The van der Waals surface area contributed by atoms with Crippen LogP contribution in [0.4, 0.5) is 5.69 Å². The van der Waals surface area contributed by atoms with Crippen LogP contribution in [0.1, 0.15) is 20.3 Å². The maximum Gasteiger partial charge on any atom is 0.221 e. The number of nitrogens with one attached hydrogen (secondary N) is 2. The Morgan fingerprint density at radius 3 is 2.82 bits per heavy atom. The average Bonchev–Trinajstić information content (AvgIpc) is 2.23. The largest absolute Gasteiger partial charge is 0.384 e. The first-order valence-electron chi connectivity index (χ1n) is 5.48. The topological polar surface area (TPSA) is 41.1 Å². The Kier molecular flexibility index (Phi) is 5.78. The number of rotatable bonds is 5. The normalized spacial score (nSPS) is 10.4. The first-order valence-corrected chi connectivity index (χ1v) is 6.65. The van der Waals surface area contributed by atoms with E-state index in [1.807, 2.05) is 32.0 Å². The van der Waals surface area contributed by atoms with Crippen molar-refractivity contribution in [2.75, 3.05) is 11.9 Å². The number of benzene rings is 1. The van der Waals surface area contributed by atoms with Gasteiger partial charge in [-0.2, -0.15) is 0 Å². The van der Waals surface area contributed by atoms with Gasteiger partial charge in [-0.3, -0.25) is 4.79 Å². The number of carbonyl (C=O) groups is 1. The molecule has 1 aromatic carbocycles. The van der Waals surface area contributed by atoms with Crippen LogP contribution in [-0.2, 0) is 4.79 Å². The molecule has 2 N–H and O–H groups in total. The molecule has 0 radical (unpaired) electrons. The minimum absolute atomic E-state index is 0.0469. The summed E-state index contributed by atoms with van der Waals surface area (Å²) in [6.07, 6.45) is 0.442. The summed E-state index contributed by atoms with van der Waals surface area (Å²) in [4.78, 5) is 11.4. The van der Waals surface area contributed by atoms with Gasteiger partial charge in [-0.1, -0.05) is 17.7 Å². The first kappa shape index (κ1) is 14.3. The molecule has 5 heteroatoms. The van der Waals surface area contributed by atoms with Crippen molar-refractivity contribution < 1.29 is 4.79 Å². The van der Waals surface area contributed by atoms with Crippen LogP contribution in [0, 0.1) is 0 Å². The summed E-state index contributed by atoms with van der Waals surface area (Å²) in [5.41, 5.74) is 0.898. The van der Waals surface area contributed by atoms with Crippen molar-refractivity contribution in [1.29, 1.82) is 0 Å². The van der Waals surface area contributed by atoms with Crippen molar-refractivity contribution >= 4 is 39.1 Å². The first-order chi connectivity index (χ1) is 8.00. The predicted octanol–water partition coefficient (Wildman–Crippen LogP) is 3.43. The van der Waals surface area contributed by atoms with Crippen LogP contribution in [0.2, 0.25) is 5.02 Å². The molecule has 94 valence electrons. The van der Waals surface area contributed by atoms with Crippen molar-refractivity contribution in [3.8, 4) is 0 Å². The number of halogens is 2. The molecule has 0 unspecified atom stereocenters. The standard InChI is InChI=1S/C12H16BrClN2O/c1-8(2)16-11(17)6-7-15-10-5-3-4-9(14)12(10)13/h3-5,8,15H,6-7H2,1-2H3,(H,16,17). The Balaban J connectivity index is 2.41. The fourth-order valence-electron chi connectivity index (χ4n) is 1.35. The molecule has 0 saturated heterocycles. The van der Waals surface area contributed by atoms with E-state index in [9.17, 15) is 4.79 Å². The molecule has 0 aliphatic rings. The van der Waals surface area contributed by atoms with Crippen LogP contribution in [0.15, 0.2) is 22.7 Å². The van der Waals surface area contributed by atoms with E-state index < -0.39 is 0 Å². The summed E-state index contributed by atoms with van der Waals surface area (Å²) in [6.45, 7) is 4.47. The average molecular weight is 320 g/mol. The van der Waals surface area contributed by atoms with Gasteiger partial charge < -0.3 is 10.6 Å². The molecule has 0 atom stereocenters. The highest BCUT2D eigenvalue weighted by Gasteiger charge is 2.05. The fraction of sp³-hybridized carbons (Fsp3) is 0.417. The lowest BCUT2D eigenvalue weighted by molar-refractivity contribution is -0.121. The molecule has 0 bridgehead atoms. The molecule has 1 rings (SSSR count). The number of hydrogen-bond acceptors (Lipinski definition) is 2. The zero-order valence-electron chi connectivity index (χ0n) is 9.89. The molecule has 0 aliphatic heterocycles. The Hall–Kier alpha value is -0.740. The Labute approximate surface area is 115 Å². The van der Waals surface area contributed by atoms with Gasteiger partial charge in [-0.15, -0.1) is 0 Å². The number of amides is 1. The molecule has 3 nitrogen and oxygen atoms in total. The van der Waals surface area contributed by atoms with E-state index in [0.29, 0.717) is 18.0 Å². The van der Waals surface area contributed by atoms with E-state index >= 15 is 0 Å². The third-order valence-electron chi connectivity index (χ3n) is 2.07.